The molecule has 1 aliphatic rings. The quantitative estimate of drug-likeness (QED) is 0.408. The minimum Gasteiger partial charge on any atom is -0.371 e. The van der Waals surface area contributed by atoms with Crippen LogP contribution in [-0.4, -0.2) is 12.3 Å². The summed E-state index contributed by atoms with van der Waals surface area (Å²) in [5, 5.41) is 0. The Labute approximate surface area is 40.8 Å². The lowest BCUT2D eigenvalue weighted by Gasteiger charge is -1.70. The molecule has 0 amide bonds. The Kier molecular flexibility index (Phi) is 0.357. The molecule has 2 heterocycles. The molecule has 0 fully saturated rings. The van der Waals surface area contributed by atoms with E-state index in [2.05, 4.69) is 4.98 Å². The first-order valence-corrected chi connectivity index (χ1v) is 2.09. The molecule has 2 rings (SSSR count). The number of hydrogen-bond donors (Lipinski definition) is 1. The van der Waals surface area contributed by atoms with Gasteiger partial charge >= 0.3 is 0 Å². The fourth-order valence-corrected chi connectivity index (χ4v) is 0.644. The molecular formula is C4H2BFN. The van der Waals surface area contributed by atoms with Crippen molar-refractivity contribution in [2.45, 2.75) is 0 Å². The summed E-state index contributed by atoms with van der Waals surface area (Å²) in [5.74, 6) is -0.130. The lowest BCUT2D eigenvalue weighted by atomic mass is 10.0. The van der Waals surface area contributed by atoms with Gasteiger partial charge < -0.3 is 4.98 Å². The molecule has 0 unspecified atom stereocenters. The summed E-state index contributed by atoms with van der Waals surface area (Å²) < 4.78 is 12.1. The van der Waals surface area contributed by atoms with E-state index in [0.29, 0.717) is 0 Å². The first-order chi connectivity index (χ1) is 3.38. The normalized spacial score (nSPS) is 12.7. The van der Waals surface area contributed by atoms with Gasteiger partial charge in [-0.15, -0.1) is 0 Å². The highest BCUT2D eigenvalue weighted by atomic mass is 19.1. The highest BCUT2D eigenvalue weighted by Crippen LogP contribution is 1.93. The van der Waals surface area contributed by atoms with Crippen molar-refractivity contribution in [1.82, 2.24) is 4.98 Å². The van der Waals surface area contributed by atoms with E-state index in [9.17, 15) is 4.39 Å². The average molecular weight is 93.9 g/mol. The van der Waals surface area contributed by atoms with Crippen molar-refractivity contribution in [3.63, 3.8) is 0 Å². The standard InChI is InChI=1S/C4H2BFN/c6-2-1-7-4-3(2)5-4/h1,7H. The summed E-state index contributed by atoms with van der Waals surface area (Å²) in [6, 6.07) is 0. The van der Waals surface area contributed by atoms with Crippen LogP contribution in [0.25, 0.3) is 0 Å². The van der Waals surface area contributed by atoms with Crippen molar-refractivity contribution in [3.05, 3.63) is 12.0 Å². The van der Waals surface area contributed by atoms with Gasteiger partial charge in [0, 0.05) is 6.20 Å². The van der Waals surface area contributed by atoms with Gasteiger partial charge in [0.2, 0.25) is 7.28 Å². The van der Waals surface area contributed by atoms with Crippen molar-refractivity contribution in [3.8, 4) is 0 Å². The maximum absolute atomic E-state index is 12.1. The SMILES string of the molecule is Fc1c[nH]c2c1[B]2. The zero-order valence-electron chi connectivity index (χ0n) is 3.53. The van der Waals surface area contributed by atoms with E-state index in [1.165, 1.54) is 6.20 Å². The van der Waals surface area contributed by atoms with Gasteiger partial charge in [0.25, 0.3) is 0 Å². The summed E-state index contributed by atoms with van der Waals surface area (Å²) in [5.41, 5.74) is 1.69. The predicted molar refractivity (Wildman–Crippen MR) is 25.8 cm³/mol. The third kappa shape index (κ3) is 0.278. The minimum absolute atomic E-state index is 0.130. The minimum atomic E-state index is -0.130. The van der Waals surface area contributed by atoms with Gasteiger partial charge in [-0.05, 0) is 11.1 Å². The van der Waals surface area contributed by atoms with Gasteiger partial charge in [0.05, 0.1) is 0 Å². The molecule has 1 aromatic rings. The maximum atomic E-state index is 12.1. The molecule has 0 spiro atoms. The molecule has 0 aromatic carbocycles. The maximum Gasteiger partial charge on any atom is 0.218 e. The molecule has 0 saturated carbocycles. The van der Waals surface area contributed by atoms with Gasteiger partial charge in [-0.25, -0.2) is 4.39 Å². The Morgan fingerprint density at radius 2 is 2.57 bits per heavy atom. The summed E-state index contributed by atoms with van der Waals surface area (Å²) in [6.45, 7) is 0. The molecular weight excluding hydrogens is 91.9 g/mol. The third-order valence-electron chi connectivity index (χ3n) is 1.11. The third-order valence-corrected chi connectivity index (χ3v) is 1.11. The molecule has 7 heavy (non-hydrogen) atoms. The van der Waals surface area contributed by atoms with Gasteiger partial charge in [0.1, 0.15) is 5.82 Å². The smallest absolute Gasteiger partial charge is 0.218 e. The van der Waals surface area contributed by atoms with E-state index in [1.807, 2.05) is 0 Å². The Balaban J connectivity index is 2.76. The number of halogens is 1. The van der Waals surface area contributed by atoms with Crippen LogP contribution in [0, 0.1) is 5.82 Å². The van der Waals surface area contributed by atoms with E-state index in [0.717, 1.165) is 11.1 Å². The van der Waals surface area contributed by atoms with Crippen LogP contribution >= 0.6 is 0 Å². The van der Waals surface area contributed by atoms with Crippen molar-refractivity contribution in [2.24, 2.45) is 0 Å². The summed E-state index contributed by atoms with van der Waals surface area (Å²) in [4.78, 5) is 2.73. The fraction of sp³-hybridized carbons (Fsp3) is 0. The highest BCUT2D eigenvalue weighted by molar-refractivity contribution is 6.86. The zero-order valence-corrected chi connectivity index (χ0v) is 3.53. The lowest BCUT2D eigenvalue weighted by molar-refractivity contribution is 0.637. The van der Waals surface area contributed by atoms with Crippen LogP contribution in [-0.2, 0) is 0 Å². The molecule has 1 aromatic heterocycles. The van der Waals surface area contributed by atoms with Gasteiger partial charge in [0.15, 0.2) is 0 Å². The summed E-state index contributed by atoms with van der Waals surface area (Å²) >= 11 is 0. The largest absolute Gasteiger partial charge is 0.371 e. The topological polar surface area (TPSA) is 15.8 Å². The molecule has 0 aliphatic carbocycles. The lowest BCUT2D eigenvalue weighted by Crippen LogP contribution is -1.87. The van der Waals surface area contributed by atoms with Crippen molar-refractivity contribution in [2.75, 3.05) is 0 Å². The van der Waals surface area contributed by atoms with Crippen molar-refractivity contribution >= 4 is 18.3 Å². The summed E-state index contributed by atoms with van der Waals surface area (Å²) in [7, 11) is 1.77. The highest BCUT2D eigenvalue weighted by Gasteiger charge is 2.24. The number of nitrogens with one attached hydrogen (secondary N) is 1. The molecule has 1 radical (unpaired) electrons. The number of fused-ring (bicyclic) bond motifs is 1. The van der Waals surface area contributed by atoms with E-state index in [4.69, 9.17) is 0 Å². The molecule has 0 bridgehead atoms. The number of aromatic nitrogens is 1. The monoisotopic (exact) mass is 94.0 g/mol. The van der Waals surface area contributed by atoms with E-state index < -0.39 is 0 Å². The Hall–Kier alpha value is -0.725. The second-order valence-electron chi connectivity index (χ2n) is 1.61. The van der Waals surface area contributed by atoms with Crippen molar-refractivity contribution in [1.29, 1.82) is 0 Å². The number of rotatable bonds is 0. The predicted octanol–water partition coefficient (Wildman–Crippen LogP) is -0.878. The van der Waals surface area contributed by atoms with E-state index >= 15 is 0 Å². The molecule has 33 valence electrons. The van der Waals surface area contributed by atoms with Crippen LogP contribution < -0.4 is 11.1 Å². The van der Waals surface area contributed by atoms with Crippen LogP contribution in [0.2, 0.25) is 0 Å². The van der Waals surface area contributed by atoms with Crippen LogP contribution in [0.15, 0.2) is 6.20 Å². The first kappa shape index (κ1) is 3.30. The van der Waals surface area contributed by atoms with Crippen LogP contribution in [0.5, 0.6) is 0 Å². The second-order valence-corrected chi connectivity index (χ2v) is 1.61. The molecule has 1 nitrogen and oxygen atoms in total. The molecule has 0 saturated heterocycles. The number of H-pyrrole nitrogens is 1. The van der Waals surface area contributed by atoms with E-state index in [-0.39, 0.29) is 5.82 Å². The van der Waals surface area contributed by atoms with Gasteiger partial charge in [-0.3, -0.25) is 0 Å². The summed E-state index contributed by atoms with van der Waals surface area (Å²) in [6.07, 6.45) is 1.37. The van der Waals surface area contributed by atoms with Crippen molar-refractivity contribution < 1.29 is 4.39 Å². The molecule has 1 N–H and O–H groups in total. The number of hydrogen-bond acceptors (Lipinski definition) is 0. The fourth-order valence-electron chi connectivity index (χ4n) is 0.644. The second kappa shape index (κ2) is 0.758. The molecule has 3 heteroatoms. The Morgan fingerprint density at radius 1 is 1.71 bits per heavy atom. The average Bonchev–Trinajstić information content (AvgIpc) is 2.33. The molecule has 1 aliphatic heterocycles. The first-order valence-electron chi connectivity index (χ1n) is 2.09. The van der Waals surface area contributed by atoms with Crippen LogP contribution in [0.4, 0.5) is 4.39 Å². The Bertz CT molecular complexity index is 205. The van der Waals surface area contributed by atoms with Gasteiger partial charge in [-0.1, -0.05) is 0 Å². The Morgan fingerprint density at radius 3 is 2.71 bits per heavy atom. The van der Waals surface area contributed by atoms with Gasteiger partial charge in [-0.2, -0.15) is 0 Å². The van der Waals surface area contributed by atoms with E-state index in [1.54, 1.807) is 7.28 Å². The van der Waals surface area contributed by atoms with Crippen LogP contribution in [0.1, 0.15) is 0 Å². The molecule has 0 atom stereocenters. The zero-order chi connectivity index (χ0) is 4.85. The number of aromatic amines is 1. The van der Waals surface area contributed by atoms with Crippen LogP contribution in [0.3, 0.4) is 0 Å².